The number of ether oxygens (including phenoxy) is 5. The van der Waals surface area contributed by atoms with E-state index < -0.39 is 13.4 Å². The van der Waals surface area contributed by atoms with E-state index >= 15 is 0 Å². The van der Waals surface area contributed by atoms with E-state index in [4.69, 9.17) is 29.4 Å². The lowest BCUT2D eigenvalue weighted by atomic mass is 10.1. The predicted molar refractivity (Wildman–Crippen MR) is 223 cm³/mol. The SMILES string of the molecule is C=P(O)(O)CCOCCOCCOC[C@H](C)NC(=O)[C@@H](N)CSCC(COCCCCCCCCCCCC)OCCCCCCCCCCCC. The van der Waals surface area contributed by atoms with Gasteiger partial charge >= 0.3 is 0 Å². The zero-order valence-corrected chi connectivity index (χ0v) is 35.6. The lowest BCUT2D eigenvalue weighted by molar-refractivity contribution is -0.122. The van der Waals surface area contributed by atoms with E-state index in [9.17, 15) is 14.6 Å². The standard InChI is InChI=1S/C40H83N2O8PS/c1-5-7-9-11-13-15-17-19-21-23-25-48-34-38(50-26-24-22-20-18-16-14-12-10-8-6-2)35-52-36-39(41)40(43)42-37(3)33-49-30-29-46-27-28-47-31-32-51(4,44)45/h37-39,44-45H,4-36,41H2,1-3H3,(H,42,43)/t37-,38?,39-/m0/s1. The first-order valence-electron chi connectivity index (χ1n) is 20.9. The molecule has 52 heavy (non-hydrogen) atoms. The van der Waals surface area contributed by atoms with Crippen LogP contribution in [0.2, 0.25) is 0 Å². The van der Waals surface area contributed by atoms with E-state index in [1.807, 2.05) is 6.92 Å². The average molecular weight is 783 g/mol. The lowest BCUT2D eigenvalue weighted by Gasteiger charge is -2.20. The van der Waals surface area contributed by atoms with Crippen molar-refractivity contribution < 1.29 is 38.3 Å². The number of hydrogen-bond acceptors (Lipinski definition) is 10. The van der Waals surface area contributed by atoms with Crippen molar-refractivity contribution in [2.75, 3.05) is 77.1 Å². The molecule has 12 heteroatoms. The molecule has 0 saturated carbocycles. The largest absolute Gasteiger partial charge is 0.379 e. The highest BCUT2D eigenvalue weighted by atomic mass is 32.2. The Morgan fingerprint density at radius 1 is 0.635 bits per heavy atom. The monoisotopic (exact) mass is 783 g/mol. The van der Waals surface area contributed by atoms with E-state index in [1.165, 1.54) is 116 Å². The second-order valence-corrected chi connectivity index (χ2v) is 17.7. The molecule has 5 N–H and O–H groups in total. The van der Waals surface area contributed by atoms with Gasteiger partial charge in [-0.25, -0.2) is 0 Å². The van der Waals surface area contributed by atoms with Gasteiger partial charge in [-0.15, -0.1) is 0 Å². The number of carbonyl (C=O) groups is 1. The number of nitrogens with one attached hydrogen (secondary N) is 1. The molecule has 0 aliphatic heterocycles. The molecule has 0 saturated heterocycles. The molecular formula is C40H83N2O8PS. The van der Waals surface area contributed by atoms with Gasteiger partial charge in [0, 0.05) is 36.9 Å². The van der Waals surface area contributed by atoms with Gasteiger partial charge in [-0.2, -0.15) is 11.8 Å². The molecule has 1 amide bonds. The Hall–Kier alpha value is -0.200. The minimum atomic E-state index is -3.03. The molecule has 0 fully saturated rings. The van der Waals surface area contributed by atoms with Crippen molar-refractivity contribution in [3.8, 4) is 0 Å². The summed E-state index contributed by atoms with van der Waals surface area (Å²) in [7, 11) is -3.03. The summed E-state index contributed by atoms with van der Waals surface area (Å²) in [5, 5.41) is 2.95. The van der Waals surface area contributed by atoms with Crippen LogP contribution in [0.1, 0.15) is 149 Å². The van der Waals surface area contributed by atoms with Crippen molar-refractivity contribution in [2.24, 2.45) is 5.73 Å². The highest BCUT2D eigenvalue weighted by Gasteiger charge is 2.18. The fraction of sp³-hybridized carbons (Fsp3) is 0.950. The van der Waals surface area contributed by atoms with Gasteiger partial charge in [0.1, 0.15) is 7.34 Å². The number of amides is 1. The van der Waals surface area contributed by atoms with Crippen molar-refractivity contribution in [2.45, 2.75) is 167 Å². The van der Waals surface area contributed by atoms with Gasteiger partial charge in [-0.05, 0) is 19.8 Å². The molecule has 0 aromatic heterocycles. The van der Waals surface area contributed by atoms with Crippen LogP contribution in [-0.2, 0) is 28.5 Å². The Balaban J connectivity index is 4.24. The summed E-state index contributed by atoms with van der Waals surface area (Å²) in [6.45, 7) is 10.7. The third-order valence-electron chi connectivity index (χ3n) is 8.83. The van der Waals surface area contributed by atoms with Gasteiger partial charge in [-0.3, -0.25) is 4.79 Å². The Labute approximate surface area is 324 Å². The van der Waals surface area contributed by atoms with Crippen LogP contribution in [0, 0.1) is 0 Å². The second-order valence-electron chi connectivity index (χ2n) is 14.4. The molecule has 0 spiro atoms. The summed E-state index contributed by atoms with van der Waals surface area (Å²) >= 11 is 1.65. The van der Waals surface area contributed by atoms with Gasteiger partial charge in [-0.1, -0.05) is 136 Å². The summed E-state index contributed by atoms with van der Waals surface area (Å²) in [6, 6.07) is -0.787. The zero-order chi connectivity index (χ0) is 38.4. The van der Waals surface area contributed by atoms with Gasteiger partial charge in [0.05, 0.1) is 58.4 Å². The van der Waals surface area contributed by atoms with Crippen LogP contribution < -0.4 is 11.1 Å². The molecule has 1 unspecified atom stereocenters. The smallest absolute Gasteiger partial charge is 0.238 e. The maximum Gasteiger partial charge on any atom is 0.238 e. The van der Waals surface area contributed by atoms with Crippen molar-refractivity contribution >= 4 is 31.3 Å². The summed E-state index contributed by atoms with van der Waals surface area (Å²) in [4.78, 5) is 31.2. The van der Waals surface area contributed by atoms with Crippen molar-refractivity contribution in [3.63, 3.8) is 0 Å². The highest BCUT2D eigenvalue weighted by molar-refractivity contribution is 7.99. The zero-order valence-electron chi connectivity index (χ0n) is 33.8. The van der Waals surface area contributed by atoms with Gasteiger partial charge in [0.25, 0.3) is 0 Å². The molecule has 0 radical (unpaired) electrons. The fourth-order valence-electron chi connectivity index (χ4n) is 5.59. The van der Waals surface area contributed by atoms with E-state index in [-0.39, 0.29) is 30.8 Å². The third kappa shape index (κ3) is 39.5. The molecule has 0 aliphatic rings. The minimum Gasteiger partial charge on any atom is -0.379 e. The van der Waals surface area contributed by atoms with Crippen LogP contribution in [-0.4, -0.2) is 117 Å². The van der Waals surface area contributed by atoms with Crippen LogP contribution in [0.15, 0.2) is 0 Å². The molecular weight excluding hydrogens is 699 g/mol. The first-order chi connectivity index (χ1) is 25.2. The van der Waals surface area contributed by atoms with Crippen LogP contribution >= 0.6 is 19.1 Å². The van der Waals surface area contributed by atoms with E-state index in [1.54, 1.807) is 11.8 Å². The quantitative estimate of drug-likeness (QED) is 0.0355. The topological polar surface area (TPSA) is 142 Å². The third-order valence-corrected chi connectivity index (χ3v) is 10.9. The molecule has 0 aromatic carbocycles. The number of thioether (sulfide) groups is 1. The van der Waals surface area contributed by atoms with Crippen LogP contribution in [0.4, 0.5) is 0 Å². The number of hydrogen-bond donors (Lipinski definition) is 4. The Bertz CT molecular complexity index is 810. The molecule has 0 aromatic rings. The number of nitrogens with two attached hydrogens (primary N) is 1. The first kappa shape index (κ1) is 51.8. The molecule has 0 rings (SSSR count). The van der Waals surface area contributed by atoms with Gasteiger partial charge < -0.3 is 44.5 Å². The van der Waals surface area contributed by atoms with Crippen LogP contribution in [0.25, 0.3) is 0 Å². The van der Waals surface area contributed by atoms with E-state index in [0.29, 0.717) is 45.4 Å². The van der Waals surface area contributed by atoms with Crippen molar-refractivity contribution in [3.05, 3.63) is 0 Å². The maximum absolute atomic E-state index is 12.7. The minimum absolute atomic E-state index is 0.00132. The summed E-state index contributed by atoms with van der Waals surface area (Å²) < 4.78 is 28.7. The molecule has 0 heterocycles. The van der Waals surface area contributed by atoms with E-state index in [0.717, 1.165) is 31.8 Å². The number of unbranched alkanes of at least 4 members (excludes halogenated alkanes) is 18. The second kappa shape index (κ2) is 39.1. The fourth-order valence-corrected chi connectivity index (χ4v) is 7.01. The molecule has 10 nitrogen and oxygen atoms in total. The summed E-state index contributed by atoms with van der Waals surface area (Å²) in [5.41, 5.74) is 6.25. The molecule has 312 valence electrons. The van der Waals surface area contributed by atoms with Gasteiger partial charge in [0.15, 0.2) is 0 Å². The number of rotatable bonds is 42. The normalized spacial score (nSPS) is 13.7. The highest BCUT2D eigenvalue weighted by Crippen LogP contribution is 2.32. The Morgan fingerprint density at radius 3 is 1.60 bits per heavy atom. The Kier molecular flexibility index (Phi) is 38.9. The first-order valence-corrected chi connectivity index (χ1v) is 24.2. The molecule has 0 aliphatic carbocycles. The number of carbonyl (C=O) groups excluding carboxylic acids is 1. The van der Waals surface area contributed by atoms with Crippen LogP contribution in [0.5, 0.6) is 0 Å². The summed E-state index contributed by atoms with van der Waals surface area (Å²) in [6.07, 6.45) is 29.6. The molecule has 3 atom stereocenters. The molecule has 0 bridgehead atoms. The predicted octanol–water partition coefficient (Wildman–Crippen LogP) is 8.11. The van der Waals surface area contributed by atoms with Crippen molar-refractivity contribution in [1.82, 2.24) is 5.32 Å². The van der Waals surface area contributed by atoms with Crippen LogP contribution in [0.3, 0.4) is 0 Å². The van der Waals surface area contributed by atoms with Gasteiger partial charge in [0.2, 0.25) is 5.91 Å². The van der Waals surface area contributed by atoms with E-state index in [2.05, 4.69) is 25.5 Å². The lowest BCUT2D eigenvalue weighted by Crippen LogP contribution is -2.47. The average Bonchev–Trinajstić information content (AvgIpc) is 3.10. The summed E-state index contributed by atoms with van der Waals surface area (Å²) in [5.74, 6) is 1.08. The van der Waals surface area contributed by atoms with Crippen molar-refractivity contribution in [1.29, 1.82) is 0 Å². The Morgan fingerprint density at radius 2 is 1.08 bits per heavy atom. The maximum atomic E-state index is 12.7.